The summed E-state index contributed by atoms with van der Waals surface area (Å²) in [5.74, 6) is 0.804. The molecule has 0 bridgehead atoms. The summed E-state index contributed by atoms with van der Waals surface area (Å²) in [6, 6.07) is 1.84. The molecule has 0 aliphatic heterocycles. The molecule has 1 heterocycles. The van der Waals surface area contributed by atoms with Crippen LogP contribution in [0.2, 0.25) is 0 Å². The summed E-state index contributed by atoms with van der Waals surface area (Å²) in [5.41, 5.74) is 10.2. The number of nitrogens with two attached hydrogens (primary N) is 1. The number of anilines is 1. The van der Waals surface area contributed by atoms with E-state index in [1.165, 1.54) is 6.21 Å². The molecule has 2 rings (SSSR count). The molecule has 22 heavy (non-hydrogen) atoms. The van der Waals surface area contributed by atoms with Crippen LogP contribution in [0.4, 0.5) is 5.69 Å². The number of thiazole rings is 1. The molecule has 0 saturated carbocycles. The Labute approximate surface area is 134 Å². The monoisotopic (exact) mass is 319 g/mol. The zero-order valence-electron chi connectivity index (χ0n) is 13.1. The first-order valence-electron chi connectivity index (χ1n) is 7.13. The van der Waals surface area contributed by atoms with Crippen molar-refractivity contribution in [3.63, 3.8) is 0 Å². The number of hydrogen-bond donors (Lipinski definition) is 2. The molecule has 0 aliphatic rings. The number of ether oxygens (including phenoxy) is 1. The average Bonchev–Trinajstić information content (AvgIpc) is 2.88. The lowest BCUT2D eigenvalue weighted by molar-refractivity contribution is 0.306. The SMILES string of the molecule is Cc1nc(CCCOc2c(C)cc(N)c(C=NO)c2C)cs1. The van der Waals surface area contributed by atoms with Gasteiger partial charge in [-0.2, -0.15) is 0 Å². The van der Waals surface area contributed by atoms with Gasteiger partial charge in [-0.1, -0.05) is 5.16 Å². The van der Waals surface area contributed by atoms with Gasteiger partial charge in [0.1, 0.15) is 5.75 Å². The van der Waals surface area contributed by atoms with Crippen LogP contribution in [-0.2, 0) is 6.42 Å². The molecule has 0 saturated heterocycles. The molecule has 0 amide bonds. The fourth-order valence-electron chi connectivity index (χ4n) is 2.41. The Hall–Kier alpha value is -2.08. The van der Waals surface area contributed by atoms with Crippen LogP contribution in [0.5, 0.6) is 5.75 Å². The van der Waals surface area contributed by atoms with Crippen molar-refractivity contribution in [2.75, 3.05) is 12.3 Å². The number of nitrogens with zero attached hydrogens (tertiary/aromatic N) is 2. The largest absolute Gasteiger partial charge is 0.493 e. The normalized spacial score (nSPS) is 11.2. The standard InChI is InChI=1S/C16H21N3O2S/c1-10-7-15(17)14(8-18-20)11(2)16(10)21-6-4-5-13-9-22-12(3)19-13/h7-9,20H,4-6,17H2,1-3H3. The van der Waals surface area contributed by atoms with Crippen molar-refractivity contribution in [2.45, 2.75) is 33.6 Å². The minimum Gasteiger partial charge on any atom is -0.493 e. The van der Waals surface area contributed by atoms with Crippen molar-refractivity contribution < 1.29 is 9.94 Å². The molecule has 5 nitrogen and oxygen atoms in total. The number of benzene rings is 1. The average molecular weight is 319 g/mol. The molecule has 0 fully saturated rings. The number of aryl methyl sites for hydroxylation is 3. The van der Waals surface area contributed by atoms with Gasteiger partial charge in [0.05, 0.1) is 23.5 Å². The molecule has 6 heteroatoms. The van der Waals surface area contributed by atoms with E-state index in [1.54, 1.807) is 11.3 Å². The Balaban J connectivity index is 2.01. The second-order valence-corrected chi connectivity index (χ2v) is 6.27. The van der Waals surface area contributed by atoms with Gasteiger partial charge >= 0.3 is 0 Å². The molecule has 1 aromatic carbocycles. The van der Waals surface area contributed by atoms with Crippen LogP contribution >= 0.6 is 11.3 Å². The summed E-state index contributed by atoms with van der Waals surface area (Å²) in [5, 5.41) is 15.0. The minimum atomic E-state index is 0.582. The van der Waals surface area contributed by atoms with Gasteiger partial charge in [0, 0.05) is 22.2 Å². The van der Waals surface area contributed by atoms with E-state index in [1.807, 2.05) is 26.8 Å². The van der Waals surface area contributed by atoms with Gasteiger partial charge < -0.3 is 15.7 Å². The van der Waals surface area contributed by atoms with Gasteiger partial charge in [0.15, 0.2) is 0 Å². The van der Waals surface area contributed by atoms with Gasteiger partial charge in [-0.15, -0.1) is 11.3 Å². The van der Waals surface area contributed by atoms with Crippen molar-refractivity contribution in [3.8, 4) is 5.75 Å². The van der Waals surface area contributed by atoms with E-state index in [2.05, 4.69) is 15.5 Å². The van der Waals surface area contributed by atoms with Crippen LogP contribution < -0.4 is 10.5 Å². The molecule has 0 spiro atoms. The molecule has 1 aromatic heterocycles. The summed E-state index contributed by atoms with van der Waals surface area (Å²) in [4.78, 5) is 4.44. The third-order valence-electron chi connectivity index (χ3n) is 3.46. The highest BCUT2D eigenvalue weighted by Crippen LogP contribution is 2.30. The van der Waals surface area contributed by atoms with Crippen LogP contribution in [-0.4, -0.2) is 23.0 Å². The Morgan fingerprint density at radius 3 is 2.82 bits per heavy atom. The molecular weight excluding hydrogens is 298 g/mol. The molecule has 0 radical (unpaired) electrons. The van der Waals surface area contributed by atoms with E-state index in [9.17, 15) is 0 Å². The number of oxime groups is 1. The Morgan fingerprint density at radius 1 is 1.41 bits per heavy atom. The quantitative estimate of drug-likeness (QED) is 0.281. The lowest BCUT2D eigenvalue weighted by atomic mass is 10.0. The zero-order chi connectivity index (χ0) is 16.1. The number of rotatable bonds is 6. The fraction of sp³-hybridized carbons (Fsp3) is 0.375. The van der Waals surface area contributed by atoms with Crippen molar-refractivity contribution >= 4 is 23.2 Å². The predicted octanol–water partition coefficient (Wildman–Crippen LogP) is 3.47. The summed E-state index contributed by atoms with van der Waals surface area (Å²) >= 11 is 1.67. The van der Waals surface area contributed by atoms with Crippen molar-refractivity contribution in [2.24, 2.45) is 5.16 Å². The van der Waals surface area contributed by atoms with Crippen LogP contribution in [0.15, 0.2) is 16.6 Å². The second-order valence-electron chi connectivity index (χ2n) is 5.20. The van der Waals surface area contributed by atoms with E-state index < -0.39 is 0 Å². The van der Waals surface area contributed by atoms with E-state index in [-0.39, 0.29) is 0 Å². The molecule has 118 valence electrons. The first-order valence-corrected chi connectivity index (χ1v) is 8.01. The summed E-state index contributed by atoms with van der Waals surface area (Å²) < 4.78 is 5.91. The molecular formula is C16H21N3O2S. The van der Waals surface area contributed by atoms with Gasteiger partial charge in [-0.25, -0.2) is 4.98 Å². The van der Waals surface area contributed by atoms with E-state index >= 15 is 0 Å². The van der Waals surface area contributed by atoms with Crippen LogP contribution in [0.25, 0.3) is 0 Å². The molecule has 2 aromatic rings. The van der Waals surface area contributed by atoms with Gasteiger partial charge in [-0.3, -0.25) is 0 Å². The first kappa shape index (κ1) is 16.3. The smallest absolute Gasteiger partial charge is 0.125 e. The number of nitrogen functional groups attached to an aromatic ring is 1. The predicted molar refractivity (Wildman–Crippen MR) is 90.4 cm³/mol. The summed E-state index contributed by atoms with van der Waals surface area (Å²) in [6.45, 7) is 6.50. The third-order valence-corrected chi connectivity index (χ3v) is 4.29. The topological polar surface area (TPSA) is 80.7 Å². The zero-order valence-corrected chi connectivity index (χ0v) is 13.9. The molecule has 0 unspecified atom stereocenters. The van der Waals surface area contributed by atoms with Crippen molar-refractivity contribution in [1.29, 1.82) is 0 Å². The highest BCUT2D eigenvalue weighted by molar-refractivity contribution is 7.09. The fourth-order valence-corrected chi connectivity index (χ4v) is 3.06. The highest BCUT2D eigenvalue weighted by atomic mass is 32.1. The second kappa shape index (κ2) is 7.26. The van der Waals surface area contributed by atoms with Gasteiger partial charge in [-0.05, 0) is 45.2 Å². The number of aromatic nitrogens is 1. The van der Waals surface area contributed by atoms with Crippen molar-refractivity contribution in [1.82, 2.24) is 4.98 Å². The summed E-state index contributed by atoms with van der Waals surface area (Å²) in [7, 11) is 0. The Bertz CT molecular complexity index is 680. The van der Waals surface area contributed by atoms with E-state index in [4.69, 9.17) is 15.7 Å². The van der Waals surface area contributed by atoms with Gasteiger partial charge in [0.2, 0.25) is 0 Å². The maximum atomic E-state index is 8.74. The van der Waals surface area contributed by atoms with E-state index in [0.29, 0.717) is 17.9 Å². The Morgan fingerprint density at radius 2 is 2.18 bits per heavy atom. The molecule has 0 atom stereocenters. The Kier molecular flexibility index (Phi) is 5.38. The maximum absolute atomic E-state index is 8.74. The summed E-state index contributed by atoms with van der Waals surface area (Å²) in [6.07, 6.45) is 3.15. The minimum absolute atomic E-state index is 0.582. The lowest BCUT2D eigenvalue weighted by Gasteiger charge is -2.15. The number of hydrogen-bond acceptors (Lipinski definition) is 6. The lowest BCUT2D eigenvalue weighted by Crippen LogP contribution is -2.06. The molecule has 0 aliphatic carbocycles. The molecule has 3 N–H and O–H groups in total. The highest BCUT2D eigenvalue weighted by Gasteiger charge is 2.12. The van der Waals surface area contributed by atoms with Crippen LogP contribution in [0.1, 0.15) is 33.8 Å². The first-order chi connectivity index (χ1) is 10.5. The van der Waals surface area contributed by atoms with Gasteiger partial charge in [0.25, 0.3) is 0 Å². The van der Waals surface area contributed by atoms with E-state index in [0.717, 1.165) is 40.4 Å². The van der Waals surface area contributed by atoms with Crippen molar-refractivity contribution in [3.05, 3.63) is 38.8 Å². The van der Waals surface area contributed by atoms with Crippen LogP contribution in [0.3, 0.4) is 0 Å². The van der Waals surface area contributed by atoms with Crippen LogP contribution in [0, 0.1) is 20.8 Å². The third kappa shape index (κ3) is 3.76. The maximum Gasteiger partial charge on any atom is 0.125 e.